The summed E-state index contributed by atoms with van der Waals surface area (Å²) in [5, 5.41) is 5.74. The zero-order chi connectivity index (χ0) is 18.8. The lowest BCUT2D eigenvalue weighted by atomic mass is 10.0. The molecule has 134 valence electrons. The second kappa shape index (κ2) is 7.41. The number of fused-ring (bicyclic) bond motifs is 1. The van der Waals surface area contributed by atoms with Gasteiger partial charge in [0.05, 0.1) is 11.2 Å². The number of hydrogen-bond acceptors (Lipinski definition) is 3. The summed E-state index contributed by atoms with van der Waals surface area (Å²) in [7, 11) is 0. The molecule has 2 aromatic heterocycles. The molecule has 4 aromatic rings. The smallest absolute Gasteiger partial charge is 0.122 e. The third-order valence-corrected chi connectivity index (χ3v) is 5.81. The fraction of sp³-hybridized carbons (Fsp3) is 0.130. The van der Waals surface area contributed by atoms with Crippen LogP contribution in [0.1, 0.15) is 22.3 Å². The average molecular weight is 372 g/mol. The Morgan fingerprint density at radius 3 is 2.59 bits per heavy atom. The topological polar surface area (TPSA) is 30.2 Å². The van der Waals surface area contributed by atoms with Crippen LogP contribution in [0.25, 0.3) is 22.9 Å². The minimum atomic E-state index is 0.869. The molecule has 0 aliphatic heterocycles. The molecule has 0 atom stereocenters. The first kappa shape index (κ1) is 17.6. The monoisotopic (exact) mass is 371 g/mol. The van der Waals surface area contributed by atoms with Crippen molar-refractivity contribution in [3.8, 4) is 11.3 Å². The van der Waals surface area contributed by atoms with Crippen LogP contribution in [0.5, 0.6) is 0 Å². The van der Waals surface area contributed by atoms with E-state index in [4.69, 9.17) is 5.10 Å². The maximum absolute atomic E-state index is 4.74. The number of aromatic nitrogens is 3. The summed E-state index contributed by atoms with van der Waals surface area (Å²) in [5.74, 6) is 0.869. The highest BCUT2D eigenvalue weighted by molar-refractivity contribution is 7.98. The van der Waals surface area contributed by atoms with E-state index in [2.05, 4.69) is 73.9 Å². The van der Waals surface area contributed by atoms with Crippen LogP contribution in [0.15, 0.2) is 72.5 Å². The second-order valence-electron chi connectivity index (χ2n) is 6.63. The summed E-state index contributed by atoms with van der Waals surface area (Å²) < 4.78 is 1.92. The molecule has 0 fully saturated rings. The van der Waals surface area contributed by atoms with E-state index in [-0.39, 0.29) is 0 Å². The molecule has 0 amide bonds. The lowest BCUT2D eigenvalue weighted by Crippen LogP contribution is -1.91. The molecule has 0 saturated heterocycles. The highest BCUT2D eigenvalue weighted by Crippen LogP contribution is 2.29. The maximum Gasteiger partial charge on any atom is 0.122 e. The van der Waals surface area contributed by atoms with Crippen LogP contribution in [0.4, 0.5) is 0 Å². The number of aryl methyl sites for hydroxylation is 2. The predicted octanol–water partition coefficient (Wildman–Crippen LogP) is 5.95. The van der Waals surface area contributed by atoms with Crippen LogP contribution in [0, 0.1) is 13.8 Å². The quantitative estimate of drug-likeness (QED) is 0.406. The van der Waals surface area contributed by atoms with Gasteiger partial charge in [0.2, 0.25) is 0 Å². The molecule has 2 aromatic carbocycles. The summed E-state index contributed by atoms with van der Waals surface area (Å²) in [6.45, 7) is 8.06. The first-order valence-electron chi connectivity index (χ1n) is 8.90. The molecule has 4 heteroatoms. The third-order valence-electron chi connectivity index (χ3n) is 4.75. The number of hydrogen-bond donors (Lipinski definition) is 0. The van der Waals surface area contributed by atoms with E-state index < -0.39 is 0 Å². The summed E-state index contributed by atoms with van der Waals surface area (Å²) in [6.07, 6.45) is 5.58. The van der Waals surface area contributed by atoms with Crippen LogP contribution < -0.4 is 0 Å². The fourth-order valence-corrected chi connectivity index (χ4v) is 3.88. The highest BCUT2D eigenvalue weighted by Gasteiger charge is 2.10. The van der Waals surface area contributed by atoms with Crippen LogP contribution in [-0.4, -0.2) is 14.6 Å². The van der Waals surface area contributed by atoms with E-state index >= 15 is 0 Å². The van der Waals surface area contributed by atoms with Crippen molar-refractivity contribution in [3.05, 3.63) is 89.8 Å². The van der Waals surface area contributed by atoms with Gasteiger partial charge < -0.3 is 0 Å². The van der Waals surface area contributed by atoms with Crippen molar-refractivity contribution >= 4 is 23.4 Å². The maximum atomic E-state index is 4.74. The first-order valence-corrected chi connectivity index (χ1v) is 9.89. The van der Waals surface area contributed by atoms with Gasteiger partial charge in [-0.2, -0.15) is 5.10 Å². The standard InChI is InChI=1S/C23H21N3S/c1-4-18-6-8-19(9-7-18)15-27-23-22-14-21(25-26(22)12-11-24-23)20-10-5-16(2)17(3)13-20/h4-14H,1,15H2,2-3H3. The summed E-state index contributed by atoms with van der Waals surface area (Å²) in [5.41, 5.74) is 8.13. The normalized spacial score (nSPS) is 11.0. The van der Waals surface area contributed by atoms with Crippen molar-refractivity contribution in [1.82, 2.24) is 14.6 Å². The van der Waals surface area contributed by atoms with Crippen molar-refractivity contribution in [2.24, 2.45) is 0 Å². The summed E-state index contributed by atoms with van der Waals surface area (Å²) >= 11 is 1.73. The van der Waals surface area contributed by atoms with Gasteiger partial charge in [-0.05, 0) is 48.2 Å². The van der Waals surface area contributed by atoms with Crippen LogP contribution in [0.3, 0.4) is 0 Å². The van der Waals surface area contributed by atoms with Gasteiger partial charge in [-0.15, -0.1) is 0 Å². The van der Waals surface area contributed by atoms with Crippen molar-refractivity contribution in [2.75, 3.05) is 0 Å². The van der Waals surface area contributed by atoms with Gasteiger partial charge in [-0.25, -0.2) is 9.50 Å². The Morgan fingerprint density at radius 1 is 1.04 bits per heavy atom. The number of rotatable bonds is 5. The van der Waals surface area contributed by atoms with Gasteiger partial charge in [0, 0.05) is 23.7 Å². The minimum absolute atomic E-state index is 0.869. The number of thioether (sulfide) groups is 1. The lowest BCUT2D eigenvalue weighted by molar-refractivity contribution is 0.920. The molecule has 0 aliphatic rings. The van der Waals surface area contributed by atoms with E-state index in [1.54, 1.807) is 11.8 Å². The van der Waals surface area contributed by atoms with E-state index in [9.17, 15) is 0 Å². The van der Waals surface area contributed by atoms with Crippen molar-refractivity contribution in [2.45, 2.75) is 24.6 Å². The Hall–Kier alpha value is -2.85. The van der Waals surface area contributed by atoms with Gasteiger partial charge in [-0.3, -0.25) is 0 Å². The molecule has 0 bridgehead atoms. The Kier molecular flexibility index (Phi) is 4.82. The molecule has 2 heterocycles. The van der Waals surface area contributed by atoms with Crippen molar-refractivity contribution in [1.29, 1.82) is 0 Å². The van der Waals surface area contributed by atoms with E-state index in [1.165, 1.54) is 16.7 Å². The molecule has 4 rings (SSSR count). The lowest BCUT2D eigenvalue weighted by Gasteiger charge is -2.03. The minimum Gasteiger partial charge on any atom is -0.246 e. The molecular weight excluding hydrogens is 350 g/mol. The molecule has 0 spiro atoms. The van der Waals surface area contributed by atoms with Crippen LogP contribution in [-0.2, 0) is 5.75 Å². The molecule has 27 heavy (non-hydrogen) atoms. The molecule has 0 radical (unpaired) electrons. The predicted molar refractivity (Wildman–Crippen MR) is 114 cm³/mol. The van der Waals surface area contributed by atoms with Gasteiger partial charge in [0.15, 0.2) is 0 Å². The van der Waals surface area contributed by atoms with Crippen LogP contribution in [0.2, 0.25) is 0 Å². The number of benzene rings is 2. The average Bonchev–Trinajstić information content (AvgIpc) is 3.14. The first-order chi connectivity index (χ1) is 13.1. The Labute approximate surface area is 163 Å². The van der Waals surface area contributed by atoms with Gasteiger partial charge >= 0.3 is 0 Å². The fourth-order valence-electron chi connectivity index (χ4n) is 2.95. The van der Waals surface area contributed by atoms with Crippen molar-refractivity contribution in [3.63, 3.8) is 0 Å². The van der Waals surface area contributed by atoms with Crippen molar-refractivity contribution < 1.29 is 0 Å². The zero-order valence-corrected chi connectivity index (χ0v) is 16.3. The number of nitrogens with zero attached hydrogens (tertiary/aromatic N) is 3. The second-order valence-corrected chi connectivity index (χ2v) is 7.59. The Morgan fingerprint density at radius 2 is 1.85 bits per heavy atom. The molecule has 3 nitrogen and oxygen atoms in total. The SMILES string of the molecule is C=Cc1ccc(CSc2nccn3nc(-c4ccc(C)c(C)c4)cc23)cc1. The van der Waals surface area contributed by atoms with E-state index in [0.717, 1.165) is 33.1 Å². The zero-order valence-electron chi connectivity index (χ0n) is 15.5. The molecule has 0 aliphatic carbocycles. The highest BCUT2D eigenvalue weighted by atomic mass is 32.2. The van der Waals surface area contributed by atoms with Crippen LogP contribution >= 0.6 is 11.8 Å². The van der Waals surface area contributed by atoms with Gasteiger partial charge in [0.1, 0.15) is 5.03 Å². The van der Waals surface area contributed by atoms with E-state index in [0.29, 0.717) is 0 Å². The summed E-state index contributed by atoms with van der Waals surface area (Å²) in [4.78, 5) is 4.58. The molecule has 0 saturated carbocycles. The molecule has 0 N–H and O–H groups in total. The van der Waals surface area contributed by atoms with Gasteiger partial charge in [-0.1, -0.05) is 60.8 Å². The molecule has 0 unspecified atom stereocenters. The Balaban J connectivity index is 1.62. The largest absolute Gasteiger partial charge is 0.246 e. The van der Waals surface area contributed by atoms with E-state index in [1.807, 2.05) is 23.0 Å². The molecular formula is C23H21N3S. The Bertz CT molecular complexity index is 1110. The van der Waals surface area contributed by atoms with Gasteiger partial charge in [0.25, 0.3) is 0 Å². The third kappa shape index (κ3) is 3.67. The summed E-state index contributed by atoms with van der Waals surface area (Å²) in [6, 6.07) is 17.1.